The van der Waals surface area contributed by atoms with E-state index in [1.54, 1.807) is 14.2 Å². The molecule has 1 heterocycles. The lowest BCUT2D eigenvalue weighted by Crippen LogP contribution is -2.27. The Bertz CT molecular complexity index is 1400. The lowest BCUT2D eigenvalue weighted by Gasteiger charge is -2.30. The zero-order chi connectivity index (χ0) is 27.5. The second kappa shape index (κ2) is 11.3. The van der Waals surface area contributed by atoms with Crippen molar-refractivity contribution < 1.29 is 23.7 Å². The van der Waals surface area contributed by atoms with Crippen molar-refractivity contribution in [2.24, 2.45) is 0 Å². The lowest BCUT2D eigenvalue weighted by atomic mass is 9.78. The number of anilines is 2. The van der Waals surface area contributed by atoms with Crippen molar-refractivity contribution >= 4 is 17.2 Å². The van der Waals surface area contributed by atoms with Gasteiger partial charge >= 0.3 is 0 Å². The number of fused-ring (bicyclic) bond motifs is 1. The Balaban J connectivity index is 1.55. The molecule has 0 fully saturated rings. The lowest BCUT2D eigenvalue weighted by molar-refractivity contribution is -0.116. The maximum absolute atomic E-state index is 13.9. The minimum Gasteiger partial charge on any atom is -0.493 e. The number of rotatable bonds is 8. The molecule has 0 aromatic heterocycles. The van der Waals surface area contributed by atoms with Crippen LogP contribution in [0, 0.1) is 0 Å². The number of allylic oxidation sites excluding steroid dienone is 1. The van der Waals surface area contributed by atoms with Crippen LogP contribution in [0.1, 0.15) is 56.7 Å². The highest BCUT2D eigenvalue weighted by atomic mass is 16.5. The maximum atomic E-state index is 13.9. The van der Waals surface area contributed by atoms with Crippen LogP contribution >= 0.6 is 0 Å². The molecule has 2 unspecified atom stereocenters. The molecule has 7 heteroatoms. The molecule has 0 saturated carbocycles. The summed E-state index contributed by atoms with van der Waals surface area (Å²) in [6, 6.07) is 19.6. The van der Waals surface area contributed by atoms with Crippen LogP contribution in [-0.4, -0.2) is 32.7 Å². The zero-order valence-corrected chi connectivity index (χ0v) is 23.2. The summed E-state index contributed by atoms with van der Waals surface area (Å²) in [7, 11) is 3.27. The van der Waals surface area contributed by atoms with Gasteiger partial charge in [0, 0.05) is 17.7 Å². The Labute approximate surface area is 230 Å². The van der Waals surface area contributed by atoms with E-state index in [1.165, 1.54) is 0 Å². The van der Waals surface area contributed by atoms with Gasteiger partial charge in [0.2, 0.25) is 0 Å². The van der Waals surface area contributed by atoms with Gasteiger partial charge < -0.3 is 29.6 Å². The highest BCUT2D eigenvalue weighted by molar-refractivity contribution is 6.01. The predicted molar refractivity (Wildman–Crippen MR) is 153 cm³/mol. The molecular weight excluding hydrogens is 492 g/mol. The van der Waals surface area contributed by atoms with Crippen LogP contribution in [0.4, 0.5) is 11.4 Å². The zero-order valence-electron chi connectivity index (χ0n) is 23.2. The Morgan fingerprint density at radius 2 is 1.51 bits per heavy atom. The summed E-state index contributed by atoms with van der Waals surface area (Å²) in [5.74, 6) is 2.81. The molecule has 0 amide bonds. The van der Waals surface area contributed by atoms with Crippen LogP contribution in [-0.2, 0) is 4.79 Å². The second-order valence-corrected chi connectivity index (χ2v) is 10.1. The third-order valence-corrected chi connectivity index (χ3v) is 7.15. The van der Waals surface area contributed by atoms with E-state index >= 15 is 0 Å². The first-order valence-corrected chi connectivity index (χ1v) is 13.5. The summed E-state index contributed by atoms with van der Waals surface area (Å²) in [6.45, 7) is 6.46. The summed E-state index contributed by atoms with van der Waals surface area (Å²) in [5.41, 5.74) is 5.54. The van der Waals surface area contributed by atoms with E-state index < -0.39 is 0 Å². The third-order valence-electron chi connectivity index (χ3n) is 7.15. The highest BCUT2D eigenvalue weighted by Gasteiger charge is 2.36. The molecule has 5 rings (SSSR count). The van der Waals surface area contributed by atoms with Crippen molar-refractivity contribution in [1.29, 1.82) is 0 Å². The second-order valence-electron chi connectivity index (χ2n) is 10.1. The number of carbonyl (C=O) groups excluding carboxylic acids is 1. The quantitative estimate of drug-likeness (QED) is 0.330. The topological polar surface area (TPSA) is 78.1 Å². The van der Waals surface area contributed by atoms with Gasteiger partial charge in [-0.25, -0.2) is 0 Å². The molecule has 3 aromatic carbocycles. The van der Waals surface area contributed by atoms with Crippen LogP contribution in [0.5, 0.6) is 23.0 Å². The fourth-order valence-electron chi connectivity index (χ4n) is 5.41. The normalized spacial score (nSPS) is 18.4. The summed E-state index contributed by atoms with van der Waals surface area (Å²) in [6.07, 6.45) is 1.13. The molecule has 1 aliphatic heterocycles. The largest absolute Gasteiger partial charge is 0.493 e. The fourth-order valence-corrected chi connectivity index (χ4v) is 5.41. The van der Waals surface area contributed by atoms with E-state index in [4.69, 9.17) is 18.9 Å². The van der Waals surface area contributed by atoms with Gasteiger partial charge in [-0.05, 0) is 80.6 Å². The average molecular weight is 529 g/mol. The van der Waals surface area contributed by atoms with Crippen molar-refractivity contribution in [2.45, 2.75) is 51.7 Å². The van der Waals surface area contributed by atoms with Gasteiger partial charge in [0.25, 0.3) is 0 Å². The summed E-state index contributed by atoms with van der Waals surface area (Å²) >= 11 is 0. The number of Topliss-reactive ketones (excluding diaryl/α,β-unsaturated/α-hetero) is 1. The maximum Gasteiger partial charge on any atom is 0.163 e. The van der Waals surface area contributed by atoms with Crippen molar-refractivity contribution in [3.63, 3.8) is 0 Å². The monoisotopic (exact) mass is 528 g/mol. The number of hydrogen-bond acceptors (Lipinski definition) is 7. The number of ketones is 1. The summed E-state index contributed by atoms with van der Waals surface area (Å²) < 4.78 is 22.9. The van der Waals surface area contributed by atoms with E-state index in [9.17, 15) is 4.79 Å². The standard InChI is InChI=1S/C32H36N2O5/c1-6-38-27-13-12-21(18-29(27)36-4)32-31-25(33-23-9-7-8-10-24(23)34-32)15-22(16-26(31)35)20-11-14-28(39-19(2)3)30(17-20)37-5/h7-14,17-19,22,32-34H,6,15-16H2,1-5H3. The summed E-state index contributed by atoms with van der Waals surface area (Å²) in [4.78, 5) is 13.9. The molecule has 3 aromatic rings. The Morgan fingerprint density at radius 3 is 2.23 bits per heavy atom. The van der Waals surface area contributed by atoms with Gasteiger partial charge in [0.1, 0.15) is 0 Å². The van der Waals surface area contributed by atoms with Gasteiger partial charge in [0.15, 0.2) is 28.8 Å². The number of hydrogen-bond donors (Lipinski definition) is 2. The number of nitrogens with one attached hydrogen (secondary N) is 2. The van der Waals surface area contributed by atoms with E-state index in [0.717, 1.165) is 33.8 Å². The number of methoxy groups -OCH3 is 2. The van der Waals surface area contributed by atoms with Crippen LogP contribution in [0.3, 0.4) is 0 Å². The Morgan fingerprint density at radius 1 is 0.846 bits per heavy atom. The highest BCUT2D eigenvalue weighted by Crippen LogP contribution is 2.46. The number of benzene rings is 3. The minimum atomic E-state index is -0.342. The molecule has 0 saturated heterocycles. The SMILES string of the molecule is CCOc1ccc(C2Nc3ccccc3NC3=C2C(=O)CC(c2ccc(OC(C)C)c(OC)c2)C3)cc1OC. The van der Waals surface area contributed by atoms with Crippen molar-refractivity contribution in [2.75, 3.05) is 31.5 Å². The van der Waals surface area contributed by atoms with Crippen LogP contribution in [0.2, 0.25) is 0 Å². The Hall–Kier alpha value is -4.13. The molecule has 0 spiro atoms. The van der Waals surface area contributed by atoms with Crippen LogP contribution in [0.15, 0.2) is 71.9 Å². The first-order chi connectivity index (χ1) is 18.9. The number of ether oxygens (including phenoxy) is 4. The molecule has 39 heavy (non-hydrogen) atoms. The molecule has 2 aliphatic rings. The van der Waals surface area contributed by atoms with Gasteiger partial charge in [-0.3, -0.25) is 4.79 Å². The average Bonchev–Trinajstić information content (AvgIpc) is 3.10. The molecule has 204 valence electrons. The molecule has 2 N–H and O–H groups in total. The fraction of sp³-hybridized carbons (Fsp3) is 0.344. The van der Waals surface area contributed by atoms with E-state index in [1.807, 2.05) is 81.4 Å². The minimum absolute atomic E-state index is 0.00604. The first kappa shape index (κ1) is 26.5. The number of carbonyl (C=O) groups is 1. The molecule has 1 aliphatic carbocycles. The molecular formula is C32H36N2O5. The first-order valence-electron chi connectivity index (χ1n) is 13.5. The van der Waals surface area contributed by atoms with E-state index in [-0.39, 0.29) is 23.8 Å². The summed E-state index contributed by atoms with van der Waals surface area (Å²) in [5, 5.41) is 7.23. The van der Waals surface area contributed by atoms with Crippen molar-refractivity contribution in [1.82, 2.24) is 0 Å². The third kappa shape index (κ3) is 5.39. The van der Waals surface area contributed by atoms with Crippen molar-refractivity contribution in [3.05, 3.63) is 83.1 Å². The molecule has 0 bridgehead atoms. The van der Waals surface area contributed by atoms with Crippen molar-refractivity contribution in [3.8, 4) is 23.0 Å². The number of para-hydroxylation sites is 2. The van der Waals surface area contributed by atoms with Gasteiger partial charge in [-0.15, -0.1) is 0 Å². The molecule has 2 atom stereocenters. The van der Waals surface area contributed by atoms with Gasteiger partial charge in [-0.2, -0.15) is 0 Å². The Kier molecular flexibility index (Phi) is 7.68. The predicted octanol–water partition coefficient (Wildman–Crippen LogP) is 6.87. The van der Waals surface area contributed by atoms with E-state index in [2.05, 4.69) is 10.6 Å². The van der Waals surface area contributed by atoms with Crippen LogP contribution < -0.4 is 29.6 Å². The van der Waals surface area contributed by atoms with Gasteiger partial charge in [-0.1, -0.05) is 24.3 Å². The molecule has 0 radical (unpaired) electrons. The van der Waals surface area contributed by atoms with E-state index in [0.29, 0.717) is 42.4 Å². The van der Waals surface area contributed by atoms with Crippen LogP contribution in [0.25, 0.3) is 0 Å². The van der Waals surface area contributed by atoms with Gasteiger partial charge in [0.05, 0.1) is 44.3 Å². The smallest absolute Gasteiger partial charge is 0.163 e. The molecule has 7 nitrogen and oxygen atoms in total.